The summed E-state index contributed by atoms with van der Waals surface area (Å²) in [5.74, 6) is -1.58. The highest BCUT2D eigenvalue weighted by molar-refractivity contribution is 7.90. The van der Waals surface area contributed by atoms with Gasteiger partial charge in [-0.15, -0.1) is 0 Å². The molecule has 2 N–H and O–H groups in total. The SMILES string of the molecule is Cc1cccc(CS(=O)(=O)C[C@H]2Nc3ccc(C(=O)N4CCC5(CC4)OCCO5)cc3NC2=O)c1. The van der Waals surface area contributed by atoms with Gasteiger partial charge in [-0.2, -0.15) is 0 Å². The van der Waals surface area contributed by atoms with E-state index in [9.17, 15) is 18.0 Å². The lowest BCUT2D eigenvalue weighted by atomic mass is 10.0. The average molecular weight is 500 g/mol. The van der Waals surface area contributed by atoms with Gasteiger partial charge in [0.25, 0.3) is 5.91 Å². The smallest absolute Gasteiger partial charge is 0.253 e. The van der Waals surface area contributed by atoms with Crippen LogP contribution in [0.15, 0.2) is 42.5 Å². The van der Waals surface area contributed by atoms with Crippen LogP contribution in [0.4, 0.5) is 11.4 Å². The van der Waals surface area contributed by atoms with Gasteiger partial charge in [0.2, 0.25) is 5.91 Å². The third-order valence-corrected chi connectivity index (χ3v) is 8.30. The average Bonchev–Trinajstić information content (AvgIpc) is 3.26. The second-order valence-electron chi connectivity index (χ2n) is 9.39. The summed E-state index contributed by atoms with van der Waals surface area (Å²) in [5.41, 5.74) is 3.18. The highest BCUT2D eigenvalue weighted by Crippen LogP contribution is 2.33. The van der Waals surface area contributed by atoms with Crippen LogP contribution < -0.4 is 10.6 Å². The first-order chi connectivity index (χ1) is 16.7. The molecule has 0 aliphatic carbocycles. The largest absolute Gasteiger partial charge is 0.371 e. The molecule has 186 valence electrons. The first kappa shape index (κ1) is 23.8. The number of hydrogen-bond donors (Lipinski definition) is 2. The fourth-order valence-electron chi connectivity index (χ4n) is 4.88. The van der Waals surface area contributed by atoms with Gasteiger partial charge in [-0.3, -0.25) is 9.59 Å². The summed E-state index contributed by atoms with van der Waals surface area (Å²) in [6.07, 6.45) is 1.25. The van der Waals surface area contributed by atoms with E-state index in [2.05, 4.69) is 10.6 Å². The van der Waals surface area contributed by atoms with E-state index in [4.69, 9.17) is 9.47 Å². The number of amides is 2. The number of nitrogens with one attached hydrogen (secondary N) is 2. The Bertz CT molecular complexity index is 1250. The number of nitrogens with zero attached hydrogens (tertiary/aromatic N) is 1. The number of hydrogen-bond acceptors (Lipinski definition) is 7. The Morgan fingerprint density at radius 3 is 2.54 bits per heavy atom. The van der Waals surface area contributed by atoms with Gasteiger partial charge in [0.15, 0.2) is 15.6 Å². The van der Waals surface area contributed by atoms with Crippen LogP contribution in [0.25, 0.3) is 0 Å². The number of sulfone groups is 1. The molecule has 0 aromatic heterocycles. The molecule has 0 bridgehead atoms. The van der Waals surface area contributed by atoms with Gasteiger partial charge in [-0.25, -0.2) is 8.42 Å². The van der Waals surface area contributed by atoms with E-state index in [0.717, 1.165) is 5.56 Å². The Kier molecular flexibility index (Phi) is 6.29. The number of likely N-dealkylation sites (tertiary alicyclic amines) is 1. The minimum Gasteiger partial charge on any atom is -0.371 e. The van der Waals surface area contributed by atoms with Crippen LogP contribution in [0.2, 0.25) is 0 Å². The predicted molar refractivity (Wildman–Crippen MR) is 131 cm³/mol. The van der Waals surface area contributed by atoms with Gasteiger partial charge in [0, 0.05) is 31.5 Å². The number of rotatable bonds is 5. The summed E-state index contributed by atoms with van der Waals surface area (Å²) < 4.78 is 37.0. The quantitative estimate of drug-likeness (QED) is 0.649. The van der Waals surface area contributed by atoms with E-state index in [1.165, 1.54) is 0 Å². The zero-order chi connectivity index (χ0) is 24.6. The molecule has 3 aliphatic heterocycles. The van der Waals surface area contributed by atoms with E-state index in [1.54, 1.807) is 29.2 Å². The van der Waals surface area contributed by atoms with Crippen LogP contribution in [-0.4, -0.2) is 69.0 Å². The molecule has 2 fully saturated rings. The Balaban J connectivity index is 1.23. The topological polar surface area (TPSA) is 114 Å². The van der Waals surface area contributed by atoms with Gasteiger partial charge < -0.3 is 25.0 Å². The molecule has 3 heterocycles. The van der Waals surface area contributed by atoms with E-state index in [1.807, 2.05) is 25.1 Å². The Hall–Kier alpha value is -2.95. The number of ether oxygens (including phenoxy) is 2. The zero-order valence-electron chi connectivity index (χ0n) is 19.6. The van der Waals surface area contributed by atoms with Crippen molar-refractivity contribution < 1.29 is 27.5 Å². The van der Waals surface area contributed by atoms with Crippen molar-refractivity contribution in [2.75, 3.05) is 42.7 Å². The summed E-state index contributed by atoms with van der Waals surface area (Å²) in [5, 5.41) is 5.80. The summed E-state index contributed by atoms with van der Waals surface area (Å²) in [6, 6.07) is 11.4. The number of carbonyl (C=O) groups excluding carboxylic acids is 2. The van der Waals surface area contributed by atoms with Gasteiger partial charge in [0.05, 0.1) is 36.1 Å². The monoisotopic (exact) mass is 499 g/mol. The number of benzene rings is 2. The zero-order valence-corrected chi connectivity index (χ0v) is 20.4. The second kappa shape index (κ2) is 9.25. The Morgan fingerprint density at radius 2 is 1.83 bits per heavy atom. The van der Waals surface area contributed by atoms with Gasteiger partial charge in [0.1, 0.15) is 6.04 Å². The lowest BCUT2D eigenvalue weighted by molar-refractivity contribution is -0.181. The fraction of sp³-hybridized carbons (Fsp3) is 0.440. The van der Waals surface area contributed by atoms with Crippen LogP contribution >= 0.6 is 0 Å². The number of aryl methyl sites for hydroxylation is 1. The van der Waals surface area contributed by atoms with Crippen LogP contribution in [0.1, 0.15) is 34.3 Å². The first-order valence-electron chi connectivity index (χ1n) is 11.8. The molecule has 5 rings (SSSR count). The molecule has 1 atom stereocenters. The summed E-state index contributed by atoms with van der Waals surface area (Å²) in [6.45, 7) is 4.13. The molecular weight excluding hydrogens is 470 g/mol. The van der Waals surface area contributed by atoms with Crippen molar-refractivity contribution in [3.05, 3.63) is 59.2 Å². The molecule has 3 aliphatic rings. The van der Waals surface area contributed by atoms with Gasteiger partial charge >= 0.3 is 0 Å². The summed E-state index contributed by atoms with van der Waals surface area (Å²) in [7, 11) is -3.54. The normalized spacial score (nSPS) is 21.3. The summed E-state index contributed by atoms with van der Waals surface area (Å²) in [4.78, 5) is 27.5. The highest BCUT2D eigenvalue weighted by atomic mass is 32.2. The number of carbonyl (C=O) groups is 2. The van der Waals surface area contributed by atoms with Crippen LogP contribution in [-0.2, 0) is 29.9 Å². The molecule has 2 aromatic carbocycles. The minimum atomic E-state index is -3.54. The molecule has 0 unspecified atom stereocenters. The standard InChI is InChI=1S/C25H29N3O6S/c1-17-3-2-4-18(13-17)15-35(31,32)16-22-23(29)27-21-14-19(5-6-20(21)26-22)24(30)28-9-7-25(8-10-28)33-11-12-34-25/h2-6,13-14,22,26H,7-12,15-16H2,1H3,(H,27,29)/t22-/m1/s1. The molecule has 1 spiro atoms. The van der Waals surface area contributed by atoms with E-state index in [0.29, 0.717) is 61.6 Å². The van der Waals surface area contributed by atoms with Crippen molar-refractivity contribution in [2.45, 2.75) is 37.3 Å². The van der Waals surface area contributed by atoms with Crippen molar-refractivity contribution in [2.24, 2.45) is 0 Å². The van der Waals surface area contributed by atoms with Crippen molar-refractivity contribution in [1.82, 2.24) is 4.90 Å². The van der Waals surface area contributed by atoms with Gasteiger partial charge in [-0.05, 0) is 30.7 Å². The third kappa shape index (κ3) is 5.19. The lowest BCUT2D eigenvalue weighted by Crippen LogP contribution is -2.47. The molecule has 0 radical (unpaired) electrons. The Morgan fingerprint density at radius 1 is 1.09 bits per heavy atom. The predicted octanol–water partition coefficient (Wildman–Crippen LogP) is 2.32. The maximum absolute atomic E-state index is 13.1. The van der Waals surface area contributed by atoms with Crippen LogP contribution in [0.3, 0.4) is 0 Å². The van der Waals surface area contributed by atoms with Crippen molar-refractivity contribution >= 4 is 33.0 Å². The van der Waals surface area contributed by atoms with Crippen molar-refractivity contribution in [3.63, 3.8) is 0 Å². The molecule has 2 aromatic rings. The molecular formula is C25H29N3O6S. The fourth-order valence-corrected chi connectivity index (χ4v) is 6.43. The maximum Gasteiger partial charge on any atom is 0.253 e. The van der Waals surface area contributed by atoms with Gasteiger partial charge in [-0.1, -0.05) is 29.8 Å². The molecule has 0 saturated carbocycles. The number of fused-ring (bicyclic) bond motifs is 1. The van der Waals surface area contributed by atoms with Crippen molar-refractivity contribution in [1.29, 1.82) is 0 Å². The molecule has 2 amide bonds. The number of anilines is 2. The first-order valence-corrected chi connectivity index (χ1v) is 13.6. The molecule has 35 heavy (non-hydrogen) atoms. The molecule has 10 heteroatoms. The minimum absolute atomic E-state index is 0.127. The number of piperidine rings is 1. The summed E-state index contributed by atoms with van der Waals surface area (Å²) >= 11 is 0. The van der Waals surface area contributed by atoms with E-state index < -0.39 is 27.6 Å². The third-order valence-electron chi connectivity index (χ3n) is 6.69. The second-order valence-corrected chi connectivity index (χ2v) is 11.5. The maximum atomic E-state index is 13.1. The highest BCUT2D eigenvalue weighted by Gasteiger charge is 2.41. The lowest BCUT2D eigenvalue weighted by Gasteiger charge is -2.37. The van der Waals surface area contributed by atoms with Crippen LogP contribution in [0, 0.1) is 6.92 Å². The molecule has 2 saturated heterocycles. The molecule has 9 nitrogen and oxygen atoms in total. The van der Waals surface area contributed by atoms with Crippen LogP contribution in [0.5, 0.6) is 0 Å². The van der Waals surface area contributed by atoms with E-state index >= 15 is 0 Å². The van der Waals surface area contributed by atoms with Crippen molar-refractivity contribution in [3.8, 4) is 0 Å². The Labute approximate surface area is 204 Å². The van der Waals surface area contributed by atoms with E-state index in [-0.39, 0.29) is 17.4 Å².